The minimum Gasteiger partial charge on any atom is -0.460 e. The lowest BCUT2D eigenvalue weighted by Crippen LogP contribution is -2.45. The van der Waals surface area contributed by atoms with Crippen molar-refractivity contribution in [3.8, 4) is 0 Å². The third kappa shape index (κ3) is 7.70. The Morgan fingerprint density at radius 3 is 2.36 bits per heavy atom. The number of amides is 1. The number of hydrogen-bond donors (Lipinski definition) is 1. The number of hydrogen-bond acceptors (Lipinski definition) is 5. The molecular weight excluding hydrogens is 456 g/mol. The first-order chi connectivity index (χ1) is 17.0. The van der Waals surface area contributed by atoms with Crippen molar-refractivity contribution in [1.82, 2.24) is 9.88 Å². The van der Waals surface area contributed by atoms with Gasteiger partial charge in [0.1, 0.15) is 18.2 Å². The summed E-state index contributed by atoms with van der Waals surface area (Å²) in [6.07, 6.45) is 2.71. The fourth-order valence-corrected chi connectivity index (χ4v) is 4.00. The zero-order valence-corrected chi connectivity index (χ0v) is 21.7. The van der Waals surface area contributed by atoms with Gasteiger partial charge in [0, 0.05) is 42.9 Å². The van der Waals surface area contributed by atoms with E-state index in [4.69, 9.17) is 9.47 Å². The lowest BCUT2D eigenvalue weighted by molar-refractivity contribution is -0.155. The second-order valence-corrected chi connectivity index (χ2v) is 10.2. The van der Waals surface area contributed by atoms with E-state index in [1.54, 1.807) is 27.7 Å². The van der Waals surface area contributed by atoms with E-state index in [9.17, 15) is 14.4 Å². The Morgan fingerprint density at radius 1 is 1.00 bits per heavy atom. The van der Waals surface area contributed by atoms with E-state index < -0.39 is 23.5 Å². The van der Waals surface area contributed by atoms with E-state index in [1.807, 2.05) is 72.4 Å². The van der Waals surface area contributed by atoms with E-state index in [1.165, 1.54) is 0 Å². The van der Waals surface area contributed by atoms with Crippen LogP contribution in [0.25, 0.3) is 10.9 Å². The van der Waals surface area contributed by atoms with Gasteiger partial charge in [0.2, 0.25) is 5.91 Å². The second-order valence-electron chi connectivity index (χ2n) is 10.2. The van der Waals surface area contributed by atoms with Gasteiger partial charge >= 0.3 is 11.9 Å². The number of esters is 2. The molecular formula is C29H36N2O5. The molecule has 0 bridgehead atoms. The van der Waals surface area contributed by atoms with Crippen LogP contribution < -0.4 is 5.32 Å². The Labute approximate surface area is 212 Å². The number of carbonyl (C=O) groups is 3. The minimum atomic E-state index is -0.865. The summed E-state index contributed by atoms with van der Waals surface area (Å²) in [5.74, 6) is -1.63. The zero-order chi connectivity index (χ0) is 26.3. The van der Waals surface area contributed by atoms with Crippen LogP contribution in [0, 0.1) is 5.92 Å². The summed E-state index contributed by atoms with van der Waals surface area (Å²) < 4.78 is 12.9. The van der Waals surface area contributed by atoms with Crippen LogP contribution in [0.15, 0.2) is 60.8 Å². The third-order valence-corrected chi connectivity index (χ3v) is 5.88. The molecule has 0 aliphatic heterocycles. The van der Waals surface area contributed by atoms with Crippen molar-refractivity contribution in [3.05, 3.63) is 71.9 Å². The first kappa shape index (κ1) is 27.0. The van der Waals surface area contributed by atoms with Crippen LogP contribution in [-0.4, -0.2) is 34.1 Å². The number of aryl methyl sites for hydroxylation is 1. The van der Waals surface area contributed by atoms with Crippen LogP contribution in [-0.2, 0) is 43.9 Å². The van der Waals surface area contributed by atoms with Crippen molar-refractivity contribution in [2.45, 2.75) is 65.2 Å². The molecule has 0 saturated heterocycles. The monoisotopic (exact) mass is 492 g/mol. The molecule has 192 valence electrons. The molecule has 7 heteroatoms. The lowest BCUT2D eigenvalue weighted by atomic mass is 10.0. The van der Waals surface area contributed by atoms with E-state index in [0.717, 1.165) is 22.0 Å². The summed E-state index contributed by atoms with van der Waals surface area (Å²) >= 11 is 0. The van der Waals surface area contributed by atoms with Gasteiger partial charge in [-0.2, -0.15) is 0 Å². The Bertz CT molecular complexity index is 1190. The zero-order valence-electron chi connectivity index (χ0n) is 21.7. The number of aromatic nitrogens is 1. The summed E-state index contributed by atoms with van der Waals surface area (Å²) in [7, 11) is 1.95. The van der Waals surface area contributed by atoms with Crippen molar-refractivity contribution in [2.24, 2.45) is 13.0 Å². The highest BCUT2D eigenvalue weighted by atomic mass is 16.6. The Morgan fingerprint density at radius 2 is 1.67 bits per heavy atom. The van der Waals surface area contributed by atoms with Crippen LogP contribution in [0.5, 0.6) is 0 Å². The molecule has 0 fully saturated rings. The number of fused-ring (bicyclic) bond motifs is 1. The maximum absolute atomic E-state index is 13.1. The van der Waals surface area contributed by atoms with Gasteiger partial charge in [0.25, 0.3) is 0 Å². The van der Waals surface area contributed by atoms with Crippen LogP contribution in [0.2, 0.25) is 0 Å². The van der Waals surface area contributed by atoms with Gasteiger partial charge in [0.05, 0.1) is 0 Å². The smallest absolute Gasteiger partial charge is 0.329 e. The van der Waals surface area contributed by atoms with Crippen LogP contribution in [0.4, 0.5) is 0 Å². The molecule has 0 spiro atoms. The first-order valence-electron chi connectivity index (χ1n) is 12.3. The molecule has 1 amide bonds. The quantitative estimate of drug-likeness (QED) is 0.414. The summed E-state index contributed by atoms with van der Waals surface area (Å²) in [6, 6.07) is 16.5. The van der Waals surface area contributed by atoms with Crippen molar-refractivity contribution < 1.29 is 23.9 Å². The highest BCUT2D eigenvalue weighted by molar-refractivity contribution is 5.88. The fraction of sp³-hybridized carbons (Fsp3) is 0.414. The minimum absolute atomic E-state index is 0.121. The summed E-state index contributed by atoms with van der Waals surface area (Å²) in [5, 5.41) is 3.89. The number of carbonyl (C=O) groups excluding carboxylic acids is 3. The Hall–Kier alpha value is -3.61. The molecule has 0 unspecified atom stereocenters. The van der Waals surface area contributed by atoms with Crippen molar-refractivity contribution in [2.75, 3.05) is 0 Å². The topological polar surface area (TPSA) is 86.6 Å². The summed E-state index contributed by atoms with van der Waals surface area (Å²) in [5.41, 5.74) is 2.28. The van der Waals surface area contributed by atoms with Gasteiger partial charge in [-0.05, 0) is 44.4 Å². The second kappa shape index (κ2) is 11.9. The van der Waals surface area contributed by atoms with Crippen LogP contribution in [0.3, 0.4) is 0 Å². The molecule has 0 radical (unpaired) electrons. The van der Waals surface area contributed by atoms with Crippen molar-refractivity contribution in [1.29, 1.82) is 0 Å². The van der Waals surface area contributed by atoms with Crippen LogP contribution in [0.1, 0.15) is 51.7 Å². The molecule has 0 aliphatic carbocycles. The highest BCUT2D eigenvalue weighted by Gasteiger charge is 2.27. The molecule has 1 heterocycles. The molecule has 36 heavy (non-hydrogen) atoms. The first-order valence-corrected chi connectivity index (χ1v) is 12.3. The Balaban J connectivity index is 1.71. The third-order valence-electron chi connectivity index (χ3n) is 5.88. The number of ether oxygens (including phenoxy) is 2. The molecule has 1 N–H and O–H groups in total. The molecule has 2 atom stereocenters. The predicted molar refractivity (Wildman–Crippen MR) is 139 cm³/mol. The van der Waals surface area contributed by atoms with Gasteiger partial charge in [-0.3, -0.25) is 9.59 Å². The van der Waals surface area contributed by atoms with E-state index in [-0.39, 0.29) is 24.9 Å². The van der Waals surface area contributed by atoms with Gasteiger partial charge in [0.15, 0.2) is 0 Å². The lowest BCUT2D eigenvalue weighted by Gasteiger charge is -2.21. The molecule has 7 nitrogen and oxygen atoms in total. The van der Waals surface area contributed by atoms with Crippen molar-refractivity contribution >= 4 is 28.7 Å². The average molecular weight is 493 g/mol. The predicted octanol–water partition coefficient (Wildman–Crippen LogP) is 4.71. The van der Waals surface area contributed by atoms with Gasteiger partial charge < -0.3 is 19.4 Å². The van der Waals surface area contributed by atoms with Crippen LogP contribution >= 0.6 is 0 Å². The van der Waals surface area contributed by atoms with Gasteiger partial charge in [-0.15, -0.1) is 0 Å². The maximum Gasteiger partial charge on any atom is 0.329 e. The fourth-order valence-electron chi connectivity index (χ4n) is 4.00. The molecule has 3 aromatic rings. The van der Waals surface area contributed by atoms with E-state index >= 15 is 0 Å². The molecule has 3 rings (SSSR count). The largest absolute Gasteiger partial charge is 0.460 e. The van der Waals surface area contributed by atoms with Crippen molar-refractivity contribution in [3.63, 3.8) is 0 Å². The average Bonchev–Trinajstić information content (AvgIpc) is 3.15. The number of para-hydroxylation sites is 1. The number of benzene rings is 2. The van der Waals surface area contributed by atoms with E-state index in [2.05, 4.69) is 5.32 Å². The summed E-state index contributed by atoms with van der Waals surface area (Å²) in [4.78, 5) is 38.2. The normalized spacial score (nSPS) is 13.1. The molecule has 0 saturated carbocycles. The molecule has 1 aromatic heterocycles. The Kier molecular flexibility index (Phi) is 8.91. The maximum atomic E-state index is 13.1. The standard InChI is InChI=1S/C29H36N2O5/c1-20(15-16-26(32)36-29(2,3)4)27(33)30-24(28(34)35-19-21-11-7-6-8-12-21)17-22-18-31(5)25-14-10-9-13-23(22)25/h6-14,18,20,24H,15-17,19H2,1-5H3,(H,30,33)/t20-,24+/m0/s1. The number of nitrogens with zero attached hydrogens (tertiary/aromatic N) is 1. The summed E-state index contributed by atoms with van der Waals surface area (Å²) in [6.45, 7) is 7.28. The number of nitrogens with one attached hydrogen (secondary N) is 1. The van der Waals surface area contributed by atoms with E-state index in [0.29, 0.717) is 12.8 Å². The number of rotatable bonds is 10. The SMILES string of the molecule is C[C@@H](CCC(=O)OC(C)(C)C)C(=O)N[C@H](Cc1cn(C)c2ccccc12)C(=O)OCc1ccccc1. The highest BCUT2D eigenvalue weighted by Crippen LogP contribution is 2.22. The molecule has 0 aliphatic rings. The molecule has 2 aromatic carbocycles. The van der Waals surface area contributed by atoms with Gasteiger partial charge in [-0.25, -0.2) is 4.79 Å². The van der Waals surface area contributed by atoms with Gasteiger partial charge in [-0.1, -0.05) is 55.5 Å².